The lowest BCUT2D eigenvalue weighted by Gasteiger charge is -2.19. The average molecular weight is 222 g/mol. The third-order valence-corrected chi connectivity index (χ3v) is 2.27. The summed E-state index contributed by atoms with van der Waals surface area (Å²) in [5, 5.41) is 3.36. The van der Waals surface area contributed by atoms with Gasteiger partial charge in [-0.15, -0.1) is 0 Å². The molecule has 0 saturated carbocycles. The van der Waals surface area contributed by atoms with Crippen LogP contribution in [0.25, 0.3) is 0 Å². The predicted octanol–water partition coefficient (Wildman–Crippen LogP) is 2.29. The number of nitrogens with one attached hydrogen (secondary N) is 1. The van der Waals surface area contributed by atoms with Gasteiger partial charge < -0.3 is 10.1 Å². The van der Waals surface area contributed by atoms with Crippen LogP contribution in [0.5, 0.6) is 0 Å². The van der Waals surface area contributed by atoms with E-state index in [2.05, 4.69) is 38.0 Å². The molecule has 0 atom stereocenters. The summed E-state index contributed by atoms with van der Waals surface area (Å²) >= 11 is 0. The SMILES string of the molecule is Cc1cnccc1CNCCOC(C)(C)C. The molecular formula is C13H22N2O. The summed E-state index contributed by atoms with van der Waals surface area (Å²) in [6.45, 7) is 10.8. The van der Waals surface area contributed by atoms with Crippen molar-refractivity contribution in [2.45, 2.75) is 39.8 Å². The van der Waals surface area contributed by atoms with Gasteiger partial charge in [-0.1, -0.05) is 0 Å². The van der Waals surface area contributed by atoms with E-state index in [9.17, 15) is 0 Å². The third kappa shape index (κ3) is 5.24. The van der Waals surface area contributed by atoms with Crippen LogP contribution in [0.1, 0.15) is 31.9 Å². The Bertz CT molecular complexity index is 318. The molecule has 0 aromatic carbocycles. The molecule has 1 heterocycles. The molecule has 3 heteroatoms. The fourth-order valence-corrected chi connectivity index (χ4v) is 1.35. The van der Waals surface area contributed by atoms with Crippen molar-refractivity contribution < 1.29 is 4.74 Å². The van der Waals surface area contributed by atoms with Crippen LogP contribution in [0.2, 0.25) is 0 Å². The highest BCUT2D eigenvalue weighted by atomic mass is 16.5. The standard InChI is InChI=1S/C13H22N2O/c1-11-9-14-6-5-12(11)10-15-7-8-16-13(2,3)4/h5-6,9,15H,7-8,10H2,1-4H3. The predicted molar refractivity (Wildman–Crippen MR) is 66.4 cm³/mol. The van der Waals surface area contributed by atoms with Gasteiger partial charge in [0.2, 0.25) is 0 Å². The Labute approximate surface area is 98.2 Å². The van der Waals surface area contributed by atoms with Gasteiger partial charge in [0.05, 0.1) is 12.2 Å². The van der Waals surface area contributed by atoms with Crippen molar-refractivity contribution in [3.63, 3.8) is 0 Å². The van der Waals surface area contributed by atoms with E-state index >= 15 is 0 Å². The first kappa shape index (κ1) is 13.1. The van der Waals surface area contributed by atoms with Crippen molar-refractivity contribution >= 4 is 0 Å². The van der Waals surface area contributed by atoms with Crippen molar-refractivity contribution in [2.24, 2.45) is 0 Å². The molecule has 1 aromatic rings. The van der Waals surface area contributed by atoms with Gasteiger partial charge in [-0.3, -0.25) is 4.98 Å². The molecule has 0 aliphatic carbocycles. The number of nitrogens with zero attached hydrogens (tertiary/aromatic N) is 1. The lowest BCUT2D eigenvalue weighted by atomic mass is 10.1. The largest absolute Gasteiger partial charge is 0.375 e. The Kier molecular flexibility index (Phi) is 4.90. The molecule has 0 unspecified atom stereocenters. The van der Waals surface area contributed by atoms with Gasteiger partial charge in [0.15, 0.2) is 0 Å². The number of rotatable bonds is 5. The quantitative estimate of drug-likeness (QED) is 0.776. The van der Waals surface area contributed by atoms with Crippen LogP contribution in [0.3, 0.4) is 0 Å². The van der Waals surface area contributed by atoms with Crippen LogP contribution in [0.4, 0.5) is 0 Å². The summed E-state index contributed by atoms with van der Waals surface area (Å²) in [6.07, 6.45) is 3.72. The maximum absolute atomic E-state index is 5.62. The van der Waals surface area contributed by atoms with Gasteiger partial charge in [-0.25, -0.2) is 0 Å². The molecule has 0 spiro atoms. The molecule has 1 aromatic heterocycles. The molecule has 0 bridgehead atoms. The molecule has 90 valence electrons. The Balaban J connectivity index is 2.19. The third-order valence-electron chi connectivity index (χ3n) is 2.27. The zero-order valence-electron chi connectivity index (χ0n) is 10.7. The highest BCUT2D eigenvalue weighted by Crippen LogP contribution is 2.06. The van der Waals surface area contributed by atoms with Gasteiger partial charge in [-0.2, -0.15) is 0 Å². The molecule has 0 amide bonds. The van der Waals surface area contributed by atoms with Gasteiger partial charge in [0, 0.05) is 25.5 Å². The van der Waals surface area contributed by atoms with Gasteiger partial charge in [0.1, 0.15) is 0 Å². The van der Waals surface area contributed by atoms with Gasteiger partial charge in [0.25, 0.3) is 0 Å². The number of hydrogen-bond donors (Lipinski definition) is 1. The minimum Gasteiger partial charge on any atom is -0.375 e. The van der Waals surface area contributed by atoms with E-state index < -0.39 is 0 Å². The summed E-state index contributed by atoms with van der Waals surface area (Å²) in [4.78, 5) is 4.07. The number of aryl methyl sites for hydroxylation is 1. The average Bonchev–Trinajstić information content (AvgIpc) is 2.18. The molecule has 1 rings (SSSR count). The first-order chi connectivity index (χ1) is 7.49. The summed E-state index contributed by atoms with van der Waals surface area (Å²) < 4.78 is 5.62. The van der Waals surface area contributed by atoms with E-state index in [1.54, 1.807) is 0 Å². The zero-order valence-corrected chi connectivity index (χ0v) is 10.7. The second-order valence-corrected chi connectivity index (χ2v) is 4.94. The van der Waals surface area contributed by atoms with Crippen LogP contribution < -0.4 is 5.32 Å². The number of ether oxygens (including phenoxy) is 1. The van der Waals surface area contributed by atoms with Gasteiger partial charge in [-0.05, 0) is 44.9 Å². The van der Waals surface area contributed by atoms with Gasteiger partial charge >= 0.3 is 0 Å². The maximum atomic E-state index is 5.62. The van der Waals surface area contributed by atoms with Crippen LogP contribution in [0.15, 0.2) is 18.5 Å². The molecule has 3 nitrogen and oxygen atoms in total. The molecule has 0 saturated heterocycles. The second kappa shape index (κ2) is 5.97. The van der Waals surface area contributed by atoms with Crippen LogP contribution in [0, 0.1) is 6.92 Å². The normalized spacial score (nSPS) is 11.8. The second-order valence-electron chi connectivity index (χ2n) is 4.94. The number of aromatic nitrogens is 1. The van der Waals surface area contributed by atoms with Crippen molar-refractivity contribution in [2.75, 3.05) is 13.2 Å². The van der Waals surface area contributed by atoms with E-state index in [1.807, 2.05) is 18.5 Å². The van der Waals surface area contributed by atoms with Crippen molar-refractivity contribution in [1.82, 2.24) is 10.3 Å². The maximum Gasteiger partial charge on any atom is 0.0599 e. The minimum absolute atomic E-state index is 0.0474. The fraction of sp³-hybridized carbons (Fsp3) is 0.615. The lowest BCUT2D eigenvalue weighted by molar-refractivity contribution is -0.000889. The van der Waals surface area contributed by atoms with Crippen LogP contribution >= 0.6 is 0 Å². The minimum atomic E-state index is -0.0474. The fourth-order valence-electron chi connectivity index (χ4n) is 1.35. The Morgan fingerprint density at radius 2 is 2.12 bits per heavy atom. The highest BCUT2D eigenvalue weighted by molar-refractivity contribution is 5.21. The van der Waals surface area contributed by atoms with Crippen molar-refractivity contribution in [3.05, 3.63) is 29.6 Å². The first-order valence-corrected chi connectivity index (χ1v) is 5.73. The van der Waals surface area contributed by atoms with Crippen molar-refractivity contribution in [3.8, 4) is 0 Å². The summed E-state index contributed by atoms with van der Waals surface area (Å²) in [7, 11) is 0. The van der Waals surface area contributed by atoms with Crippen molar-refractivity contribution in [1.29, 1.82) is 0 Å². The van der Waals surface area contributed by atoms with E-state index in [4.69, 9.17) is 4.74 Å². The lowest BCUT2D eigenvalue weighted by Crippen LogP contribution is -2.26. The van der Waals surface area contributed by atoms with E-state index in [-0.39, 0.29) is 5.60 Å². The molecule has 1 N–H and O–H groups in total. The number of hydrogen-bond acceptors (Lipinski definition) is 3. The molecule has 0 radical (unpaired) electrons. The molecule has 16 heavy (non-hydrogen) atoms. The summed E-state index contributed by atoms with van der Waals surface area (Å²) in [5.41, 5.74) is 2.48. The molecular weight excluding hydrogens is 200 g/mol. The summed E-state index contributed by atoms with van der Waals surface area (Å²) in [5.74, 6) is 0. The Morgan fingerprint density at radius 1 is 1.38 bits per heavy atom. The van der Waals surface area contributed by atoms with E-state index in [0.717, 1.165) is 19.7 Å². The first-order valence-electron chi connectivity index (χ1n) is 5.73. The van der Waals surface area contributed by atoms with Crippen LogP contribution in [-0.2, 0) is 11.3 Å². The summed E-state index contributed by atoms with van der Waals surface area (Å²) in [6, 6.07) is 2.05. The molecule has 0 fully saturated rings. The molecule has 0 aliphatic heterocycles. The van der Waals surface area contributed by atoms with E-state index in [0.29, 0.717) is 0 Å². The Hall–Kier alpha value is -0.930. The van der Waals surface area contributed by atoms with E-state index in [1.165, 1.54) is 11.1 Å². The Morgan fingerprint density at radius 3 is 2.75 bits per heavy atom. The van der Waals surface area contributed by atoms with Crippen LogP contribution in [-0.4, -0.2) is 23.7 Å². The monoisotopic (exact) mass is 222 g/mol. The number of pyridine rings is 1. The smallest absolute Gasteiger partial charge is 0.0599 e. The topological polar surface area (TPSA) is 34.2 Å². The molecule has 0 aliphatic rings. The zero-order chi connectivity index (χ0) is 12.0. The highest BCUT2D eigenvalue weighted by Gasteiger charge is 2.08.